The Labute approximate surface area is 170 Å². The lowest BCUT2D eigenvalue weighted by Crippen LogP contribution is -2.22. The Kier molecular flexibility index (Phi) is 5.84. The maximum absolute atomic E-state index is 12.4. The maximum atomic E-state index is 12.4. The minimum absolute atomic E-state index is 0.0595. The molecule has 4 nitrogen and oxygen atoms in total. The summed E-state index contributed by atoms with van der Waals surface area (Å²) >= 11 is 1.38. The van der Waals surface area contributed by atoms with Crippen LogP contribution in [0.5, 0.6) is 0 Å². The van der Waals surface area contributed by atoms with Crippen LogP contribution in [-0.4, -0.2) is 28.9 Å². The van der Waals surface area contributed by atoms with Crippen LogP contribution in [0.15, 0.2) is 54.0 Å². The minimum atomic E-state index is -0.0595. The van der Waals surface area contributed by atoms with Gasteiger partial charge in [0, 0.05) is 13.1 Å². The number of nitrogens with zero attached hydrogens (tertiary/aromatic N) is 2. The van der Waals surface area contributed by atoms with Crippen LogP contribution in [-0.2, 0) is 13.1 Å². The molecular weight excluding hydrogens is 366 g/mol. The summed E-state index contributed by atoms with van der Waals surface area (Å²) in [5, 5.41) is 3.04. The number of carbonyl (C=O) groups excluding carboxylic acids is 1. The van der Waals surface area contributed by atoms with E-state index in [4.69, 9.17) is 0 Å². The number of aryl methyl sites for hydroxylation is 1. The Hall–Kier alpha value is -2.50. The molecular formula is C23H25N3OS. The topological polar surface area (TPSA) is 45.2 Å². The van der Waals surface area contributed by atoms with Gasteiger partial charge in [-0.05, 0) is 55.1 Å². The third-order valence-electron chi connectivity index (χ3n) is 5.28. The van der Waals surface area contributed by atoms with Gasteiger partial charge < -0.3 is 5.32 Å². The first-order chi connectivity index (χ1) is 13.7. The van der Waals surface area contributed by atoms with Crippen molar-refractivity contribution in [2.24, 2.45) is 0 Å². The number of likely N-dealkylation sites (tertiary alicyclic amines) is 1. The molecule has 28 heavy (non-hydrogen) atoms. The number of amides is 1. The number of carbonyl (C=O) groups is 1. The van der Waals surface area contributed by atoms with Crippen molar-refractivity contribution in [1.82, 2.24) is 15.2 Å². The molecule has 1 aromatic heterocycles. The summed E-state index contributed by atoms with van der Waals surface area (Å²) in [6.45, 7) is 5.82. The molecule has 0 bridgehead atoms. The largest absolute Gasteiger partial charge is 0.347 e. The Morgan fingerprint density at radius 2 is 1.86 bits per heavy atom. The molecule has 1 aliphatic heterocycles. The molecule has 3 aromatic rings. The van der Waals surface area contributed by atoms with Crippen molar-refractivity contribution >= 4 is 17.2 Å². The van der Waals surface area contributed by atoms with Crippen LogP contribution in [0.3, 0.4) is 0 Å². The van der Waals surface area contributed by atoms with Gasteiger partial charge in [0.05, 0.1) is 11.2 Å². The molecule has 2 heterocycles. The average Bonchev–Trinajstić information content (AvgIpc) is 3.39. The minimum Gasteiger partial charge on any atom is -0.347 e. The summed E-state index contributed by atoms with van der Waals surface area (Å²) in [6.07, 6.45) is 2.64. The average molecular weight is 392 g/mol. The quantitative estimate of drug-likeness (QED) is 0.666. The highest BCUT2D eigenvalue weighted by molar-refractivity contribution is 7.11. The molecule has 0 radical (unpaired) electrons. The van der Waals surface area contributed by atoms with Crippen molar-refractivity contribution in [3.05, 3.63) is 75.7 Å². The summed E-state index contributed by atoms with van der Waals surface area (Å²) in [4.78, 5) is 19.8. The monoisotopic (exact) mass is 391 g/mol. The molecule has 0 unspecified atom stereocenters. The molecule has 1 fully saturated rings. The van der Waals surface area contributed by atoms with E-state index in [9.17, 15) is 4.79 Å². The number of benzene rings is 2. The molecule has 144 valence electrons. The van der Waals surface area contributed by atoms with Crippen molar-refractivity contribution in [2.45, 2.75) is 32.9 Å². The lowest BCUT2D eigenvalue weighted by molar-refractivity contribution is 0.0954. The number of nitrogens with one attached hydrogen (secondary N) is 1. The van der Waals surface area contributed by atoms with Gasteiger partial charge in [-0.15, -0.1) is 11.3 Å². The smallest absolute Gasteiger partial charge is 0.263 e. The van der Waals surface area contributed by atoms with Crippen molar-refractivity contribution in [2.75, 3.05) is 13.1 Å². The lowest BCUT2D eigenvalue weighted by atomic mass is 9.98. The summed E-state index contributed by atoms with van der Waals surface area (Å²) < 4.78 is 0. The zero-order valence-corrected chi connectivity index (χ0v) is 17.0. The molecule has 0 saturated carbocycles. The second-order valence-electron chi connectivity index (χ2n) is 7.29. The number of hydrogen-bond donors (Lipinski definition) is 1. The summed E-state index contributed by atoms with van der Waals surface area (Å²) in [5.41, 5.74) is 7.31. The third kappa shape index (κ3) is 4.32. The van der Waals surface area contributed by atoms with Gasteiger partial charge in [0.2, 0.25) is 0 Å². The number of hydrogen-bond acceptors (Lipinski definition) is 4. The second-order valence-corrected chi connectivity index (χ2v) is 8.14. The van der Waals surface area contributed by atoms with E-state index in [1.165, 1.54) is 48.4 Å². The van der Waals surface area contributed by atoms with E-state index in [1.807, 2.05) is 19.1 Å². The molecule has 5 heteroatoms. The van der Waals surface area contributed by atoms with E-state index in [2.05, 4.69) is 51.6 Å². The molecule has 0 atom stereocenters. The Morgan fingerprint density at radius 1 is 1.11 bits per heavy atom. The zero-order valence-electron chi connectivity index (χ0n) is 16.1. The summed E-state index contributed by atoms with van der Waals surface area (Å²) in [6, 6.07) is 17.1. The van der Waals surface area contributed by atoms with Gasteiger partial charge >= 0.3 is 0 Å². The van der Waals surface area contributed by atoms with E-state index in [0.717, 1.165) is 23.4 Å². The van der Waals surface area contributed by atoms with Crippen molar-refractivity contribution in [3.63, 3.8) is 0 Å². The van der Waals surface area contributed by atoms with E-state index >= 15 is 0 Å². The van der Waals surface area contributed by atoms with E-state index in [0.29, 0.717) is 11.4 Å². The predicted octanol–water partition coefficient (Wildman–Crippen LogP) is 4.64. The van der Waals surface area contributed by atoms with Gasteiger partial charge in [0.25, 0.3) is 5.91 Å². The van der Waals surface area contributed by atoms with Gasteiger partial charge in [0.1, 0.15) is 4.88 Å². The standard InChI is InChI=1S/C23H25N3OS/c1-17-22(28-16-25-17)23(27)24-14-20-6-2-3-7-21(20)19-10-8-18(9-11-19)15-26-12-4-5-13-26/h2-3,6-11,16H,4-5,12-15H2,1H3,(H,24,27). The molecule has 0 spiro atoms. The van der Waals surface area contributed by atoms with Crippen LogP contribution in [0, 0.1) is 6.92 Å². The Morgan fingerprint density at radius 3 is 2.57 bits per heavy atom. The molecule has 0 aliphatic carbocycles. The number of thiazole rings is 1. The van der Waals surface area contributed by atoms with E-state index < -0.39 is 0 Å². The van der Waals surface area contributed by atoms with Gasteiger partial charge in [-0.2, -0.15) is 0 Å². The molecule has 4 rings (SSSR count). The highest BCUT2D eigenvalue weighted by Gasteiger charge is 2.14. The molecule has 1 aliphatic rings. The molecule has 1 saturated heterocycles. The lowest BCUT2D eigenvalue weighted by Gasteiger charge is -2.15. The second kappa shape index (κ2) is 8.67. The Bertz CT molecular complexity index is 942. The number of rotatable bonds is 6. The summed E-state index contributed by atoms with van der Waals surface area (Å²) in [5.74, 6) is -0.0595. The third-order valence-corrected chi connectivity index (χ3v) is 6.21. The fraction of sp³-hybridized carbons (Fsp3) is 0.304. The predicted molar refractivity (Wildman–Crippen MR) is 114 cm³/mol. The maximum Gasteiger partial charge on any atom is 0.263 e. The fourth-order valence-electron chi connectivity index (χ4n) is 3.72. The number of aromatic nitrogens is 1. The van der Waals surface area contributed by atoms with Crippen LogP contribution in [0.2, 0.25) is 0 Å². The summed E-state index contributed by atoms with van der Waals surface area (Å²) in [7, 11) is 0. The van der Waals surface area contributed by atoms with Crippen LogP contribution in [0.4, 0.5) is 0 Å². The molecule has 1 amide bonds. The molecule has 1 N–H and O–H groups in total. The van der Waals surface area contributed by atoms with Crippen molar-refractivity contribution < 1.29 is 4.79 Å². The first-order valence-electron chi connectivity index (χ1n) is 9.78. The Balaban J connectivity index is 1.46. The first kappa shape index (κ1) is 18.8. The zero-order chi connectivity index (χ0) is 19.3. The normalized spacial score (nSPS) is 14.3. The van der Waals surface area contributed by atoms with Crippen LogP contribution < -0.4 is 5.32 Å². The SMILES string of the molecule is Cc1ncsc1C(=O)NCc1ccccc1-c1ccc(CN2CCCC2)cc1. The molecule has 2 aromatic carbocycles. The van der Waals surface area contributed by atoms with Crippen molar-refractivity contribution in [1.29, 1.82) is 0 Å². The fourth-order valence-corrected chi connectivity index (χ4v) is 4.44. The van der Waals surface area contributed by atoms with E-state index in [1.54, 1.807) is 5.51 Å². The van der Waals surface area contributed by atoms with Crippen LogP contribution >= 0.6 is 11.3 Å². The van der Waals surface area contributed by atoms with Gasteiger partial charge in [-0.1, -0.05) is 48.5 Å². The van der Waals surface area contributed by atoms with Gasteiger partial charge in [0.15, 0.2) is 0 Å². The first-order valence-corrected chi connectivity index (χ1v) is 10.7. The van der Waals surface area contributed by atoms with Gasteiger partial charge in [-0.3, -0.25) is 9.69 Å². The van der Waals surface area contributed by atoms with Crippen molar-refractivity contribution in [3.8, 4) is 11.1 Å². The highest BCUT2D eigenvalue weighted by atomic mass is 32.1. The van der Waals surface area contributed by atoms with Gasteiger partial charge in [-0.25, -0.2) is 4.98 Å². The highest BCUT2D eigenvalue weighted by Crippen LogP contribution is 2.25. The van der Waals surface area contributed by atoms with E-state index in [-0.39, 0.29) is 5.91 Å². The van der Waals surface area contributed by atoms with Crippen LogP contribution in [0.25, 0.3) is 11.1 Å². The van der Waals surface area contributed by atoms with Crippen LogP contribution in [0.1, 0.15) is 39.3 Å².